The van der Waals surface area contributed by atoms with Crippen LogP contribution in [0.15, 0.2) is 57.2 Å². The van der Waals surface area contributed by atoms with Gasteiger partial charge in [-0.1, -0.05) is 12.1 Å². The Balaban J connectivity index is 1.68. The Morgan fingerprint density at radius 2 is 1.83 bits per heavy atom. The van der Waals surface area contributed by atoms with Crippen LogP contribution in [0.3, 0.4) is 0 Å². The lowest BCUT2D eigenvalue weighted by atomic mass is 10.0. The summed E-state index contributed by atoms with van der Waals surface area (Å²) in [6.45, 7) is 2.59. The molecule has 3 heterocycles. The Labute approximate surface area is 148 Å². The predicted octanol–water partition coefficient (Wildman–Crippen LogP) is 5.16. The third kappa shape index (κ3) is 4.06. The van der Waals surface area contributed by atoms with Crippen LogP contribution in [0.5, 0.6) is 0 Å². The van der Waals surface area contributed by atoms with E-state index in [2.05, 4.69) is 45.0 Å². The topological polar surface area (TPSA) is 29.1 Å². The number of hydrogen-bond donors (Lipinski definition) is 1. The summed E-state index contributed by atoms with van der Waals surface area (Å²) in [7, 11) is 0. The molecule has 3 aromatic rings. The molecule has 0 spiro atoms. The molecule has 0 saturated heterocycles. The Kier molecular flexibility index (Phi) is 5.56. The van der Waals surface area contributed by atoms with Gasteiger partial charge in [-0.15, -0.1) is 11.3 Å². The lowest BCUT2D eigenvalue weighted by Gasteiger charge is -2.11. The second-order valence-electron chi connectivity index (χ2n) is 5.11. The van der Waals surface area contributed by atoms with E-state index in [9.17, 15) is 4.79 Å². The van der Waals surface area contributed by atoms with E-state index in [1.807, 2.05) is 24.4 Å². The molecule has 0 radical (unpaired) electrons. The number of rotatable bonds is 7. The number of nitrogens with one attached hydrogen (secondary N) is 1. The molecule has 118 valence electrons. The third-order valence-corrected chi connectivity index (χ3v) is 5.80. The van der Waals surface area contributed by atoms with E-state index in [-0.39, 0.29) is 11.8 Å². The van der Waals surface area contributed by atoms with Crippen molar-refractivity contribution in [3.8, 4) is 0 Å². The molecule has 0 fully saturated rings. The first-order valence-electron chi connectivity index (χ1n) is 7.32. The highest BCUT2D eigenvalue weighted by molar-refractivity contribution is 7.12. The van der Waals surface area contributed by atoms with E-state index in [0.29, 0.717) is 6.54 Å². The third-order valence-electron chi connectivity index (χ3n) is 3.55. The van der Waals surface area contributed by atoms with Gasteiger partial charge in [0, 0.05) is 6.54 Å². The van der Waals surface area contributed by atoms with Gasteiger partial charge in [-0.25, -0.2) is 0 Å². The van der Waals surface area contributed by atoms with E-state index < -0.39 is 0 Å². The molecule has 1 unspecified atom stereocenters. The van der Waals surface area contributed by atoms with Crippen LogP contribution in [0.4, 0.5) is 0 Å². The fourth-order valence-corrected chi connectivity index (χ4v) is 4.37. The van der Waals surface area contributed by atoms with Crippen LogP contribution in [0.2, 0.25) is 0 Å². The molecule has 2 nitrogen and oxygen atoms in total. The predicted molar refractivity (Wildman–Crippen MR) is 102 cm³/mol. The van der Waals surface area contributed by atoms with Crippen LogP contribution >= 0.6 is 34.0 Å². The van der Waals surface area contributed by atoms with Gasteiger partial charge in [0.05, 0.1) is 10.9 Å². The van der Waals surface area contributed by atoms with Crippen molar-refractivity contribution in [1.82, 2.24) is 5.32 Å². The van der Waals surface area contributed by atoms with Crippen molar-refractivity contribution < 1.29 is 4.79 Å². The van der Waals surface area contributed by atoms with Crippen LogP contribution in [0.25, 0.3) is 5.57 Å². The first kappa shape index (κ1) is 16.3. The van der Waals surface area contributed by atoms with E-state index in [0.717, 1.165) is 4.88 Å². The van der Waals surface area contributed by atoms with Crippen molar-refractivity contribution in [3.05, 3.63) is 73.2 Å². The summed E-state index contributed by atoms with van der Waals surface area (Å²) in [5.41, 5.74) is 3.68. The average molecular weight is 360 g/mol. The van der Waals surface area contributed by atoms with Crippen LogP contribution < -0.4 is 5.32 Å². The smallest absolute Gasteiger partial charge is 0.189 e. The van der Waals surface area contributed by atoms with Crippen LogP contribution in [-0.2, 0) is 0 Å². The van der Waals surface area contributed by atoms with Gasteiger partial charge < -0.3 is 5.32 Å². The maximum atomic E-state index is 12.3. The maximum absolute atomic E-state index is 12.3. The molecule has 1 atom stereocenters. The van der Waals surface area contributed by atoms with Gasteiger partial charge >= 0.3 is 0 Å². The number of ketones is 1. The van der Waals surface area contributed by atoms with Gasteiger partial charge in [0.2, 0.25) is 0 Å². The van der Waals surface area contributed by atoms with Crippen molar-refractivity contribution in [3.63, 3.8) is 0 Å². The summed E-state index contributed by atoms with van der Waals surface area (Å²) in [4.78, 5) is 13.1. The molecule has 0 saturated carbocycles. The number of hydrogen-bond acceptors (Lipinski definition) is 5. The highest BCUT2D eigenvalue weighted by atomic mass is 32.1. The summed E-state index contributed by atoms with van der Waals surface area (Å²) in [5, 5.41) is 13.7. The lowest BCUT2D eigenvalue weighted by Crippen LogP contribution is -2.33. The Morgan fingerprint density at radius 3 is 2.35 bits per heavy atom. The van der Waals surface area contributed by atoms with Gasteiger partial charge in [0.1, 0.15) is 0 Å². The zero-order valence-corrected chi connectivity index (χ0v) is 15.1. The molecule has 0 aliphatic heterocycles. The first-order valence-corrected chi connectivity index (χ1v) is 10.1. The summed E-state index contributed by atoms with van der Waals surface area (Å²) < 4.78 is 0. The quantitative estimate of drug-likeness (QED) is 0.590. The fraction of sp³-hybridized carbons (Fsp3) is 0.167. The second kappa shape index (κ2) is 7.84. The Morgan fingerprint density at radius 1 is 1.13 bits per heavy atom. The van der Waals surface area contributed by atoms with Crippen LogP contribution in [0, 0.1) is 0 Å². The molecule has 1 N–H and O–H groups in total. The fourth-order valence-electron chi connectivity index (χ4n) is 2.30. The minimum atomic E-state index is -0.184. The molecule has 0 aromatic carbocycles. The lowest BCUT2D eigenvalue weighted by molar-refractivity contribution is 0.0957. The van der Waals surface area contributed by atoms with E-state index in [1.165, 1.54) is 28.0 Å². The molecule has 5 heteroatoms. The molecule has 0 aliphatic rings. The number of carbonyl (C=O) groups is 1. The van der Waals surface area contributed by atoms with Gasteiger partial charge in [0.15, 0.2) is 5.78 Å². The van der Waals surface area contributed by atoms with Crippen molar-refractivity contribution in [1.29, 1.82) is 0 Å². The highest BCUT2D eigenvalue weighted by Crippen LogP contribution is 2.26. The Hall–Kier alpha value is -1.53. The summed E-state index contributed by atoms with van der Waals surface area (Å²) >= 11 is 4.89. The van der Waals surface area contributed by atoms with E-state index >= 15 is 0 Å². The van der Waals surface area contributed by atoms with Crippen molar-refractivity contribution in [2.24, 2.45) is 0 Å². The molecule has 0 amide bonds. The zero-order valence-electron chi connectivity index (χ0n) is 12.7. The highest BCUT2D eigenvalue weighted by Gasteiger charge is 2.15. The van der Waals surface area contributed by atoms with Crippen molar-refractivity contribution in [2.45, 2.75) is 13.0 Å². The van der Waals surface area contributed by atoms with Gasteiger partial charge in [-0.3, -0.25) is 4.79 Å². The molecular weight excluding hydrogens is 342 g/mol. The van der Waals surface area contributed by atoms with Crippen LogP contribution in [-0.4, -0.2) is 18.4 Å². The molecular formula is C18H17NOS3. The summed E-state index contributed by atoms with van der Waals surface area (Å²) in [6.07, 6.45) is 2.17. The number of thiophene rings is 3. The molecule has 0 aliphatic carbocycles. The van der Waals surface area contributed by atoms with Gasteiger partial charge in [-0.05, 0) is 68.7 Å². The number of Topliss-reactive ketones (excluding diaryl/α,β-unsaturated/α-hetero) is 1. The molecule has 3 aromatic heterocycles. The second-order valence-corrected chi connectivity index (χ2v) is 7.62. The largest absolute Gasteiger partial charge is 0.304 e. The van der Waals surface area contributed by atoms with Gasteiger partial charge in [-0.2, -0.15) is 22.7 Å². The maximum Gasteiger partial charge on any atom is 0.189 e. The van der Waals surface area contributed by atoms with Gasteiger partial charge in [0.25, 0.3) is 0 Å². The SMILES string of the molecule is CC(NCC=C(c1ccsc1)c1ccsc1)C(=O)c1cccs1. The van der Waals surface area contributed by atoms with E-state index in [4.69, 9.17) is 0 Å². The monoisotopic (exact) mass is 359 g/mol. The van der Waals surface area contributed by atoms with Crippen LogP contribution in [0.1, 0.15) is 27.7 Å². The minimum absolute atomic E-state index is 0.154. The van der Waals surface area contributed by atoms with E-state index in [1.54, 1.807) is 22.7 Å². The zero-order chi connectivity index (χ0) is 16.1. The molecule has 23 heavy (non-hydrogen) atoms. The first-order chi connectivity index (χ1) is 11.3. The van der Waals surface area contributed by atoms with Crippen molar-refractivity contribution >= 4 is 45.4 Å². The normalized spacial score (nSPS) is 12.0. The van der Waals surface area contributed by atoms with Crippen molar-refractivity contribution in [2.75, 3.05) is 6.54 Å². The average Bonchev–Trinajstić information content (AvgIpc) is 3.33. The minimum Gasteiger partial charge on any atom is -0.304 e. The molecule has 0 bridgehead atoms. The Bertz CT molecular complexity index is 719. The summed E-state index contributed by atoms with van der Waals surface area (Å²) in [6, 6.07) is 7.87. The standard InChI is InChI=1S/C18H17NOS3/c1-13(18(20)17-3-2-8-23-17)19-7-4-16(14-5-9-21-11-14)15-6-10-22-12-15/h2-6,8-13,19H,7H2,1H3. The molecule has 3 rings (SSSR count). The number of carbonyl (C=O) groups excluding carboxylic acids is 1. The summed E-state index contributed by atoms with van der Waals surface area (Å²) in [5.74, 6) is 0.154.